The number of aromatic nitrogens is 2. The molecule has 4 aromatic carbocycles. The summed E-state index contributed by atoms with van der Waals surface area (Å²) in [7, 11) is 1.47. The fourth-order valence-corrected chi connectivity index (χ4v) is 10.9. The molecule has 12 N–H and O–H groups in total. The number of carbonyl (C=O) groups is 11. The summed E-state index contributed by atoms with van der Waals surface area (Å²) >= 11 is 6.66. The second kappa shape index (κ2) is 32.2. The first-order valence-corrected chi connectivity index (χ1v) is 31.0. The summed E-state index contributed by atoms with van der Waals surface area (Å²) in [5.41, 5.74) is 15.1. The average molecular weight is 1330 g/mol. The van der Waals surface area contributed by atoms with Crippen LogP contribution in [0.25, 0.3) is 21.8 Å². The monoisotopic (exact) mass is 1330 g/mol. The van der Waals surface area contributed by atoms with Crippen molar-refractivity contribution >= 4 is 116 Å². The molecule has 11 amide bonds. The molecule has 502 valence electrons. The molecular weight excluding hydrogens is 1250 g/mol. The summed E-state index contributed by atoms with van der Waals surface area (Å²) < 4.78 is 17.0. The minimum Gasteiger partial charge on any atom is -0.508 e. The summed E-state index contributed by atoms with van der Waals surface area (Å²) in [6.45, 7) is 4.62. The van der Waals surface area contributed by atoms with Gasteiger partial charge in [0.25, 0.3) is 23.6 Å². The number of carboxylic acid groups (broad SMARTS) is 1. The second-order valence-electron chi connectivity index (χ2n) is 23.0. The quantitative estimate of drug-likeness (QED) is 0.0143. The maximum atomic E-state index is 14.7. The van der Waals surface area contributed by atoms with Crippen LogP contribution in [0, 0.1) is 12.8 Å². The van der Waals surface area contributed by atoms with E-state index in [2.05, 4.69) is 36.6 Å². The molecule has 8 rings (SSSR count). The molecule has 2 aromatic heterocycles. The standard InChI is InChI=1S/C65H74ClN13O16/c1-36(2)55(75-63(90)93-28-27-78-51(81)21-22-52(78)82)59(85)74-47(12-8-23-69-62(68)89)58(84)71-42-17-13-38(14-18-42)35-94-64(91)76(4)25-26-77(24-6-5-11-46(67)61(87)88)65(92)95-50-31-49-54(53-37(3)9-7-10-45(50)53)41(32-66)34-79(49)60(86)48-30-40-29-43(33-70-56(40)73-48)72-57(83)39-15-19-44(80)20-16-39/h7,9-10,13-22,29-31,33,36,41,46-47,55,80H,5-6,8,11-12,23-28,32,34-35,67H2,1-4H3,(H,70,73)(H,71,84)(H,72,83)(H,74,85)(H,75,90)(H,87,88)(H3,68,69,89)/t41-,46+,47+,55+/m1/s1. The molecule has 0 spiro atoms. The average Bonchev–Trinajstić information content (AvgIpc) is 1.63. The number of carbonyl (C=O) groups excluding carboxylic acids is 10. The zero-order valence-corrected chi connectivity index (χ0v) is 53.2. The van der Waals surface area contributed by atoms with Crippen LogP contribution >= 0.6 is 11.6 Å². The number of aromatic amines is 1. The van der Waals surface area contributed by atoms with Crippen LogP contribution in [0.15, 0.2) is 103 Å². The van der Waals surface area contributed by atoms with Crippen molar-refractivity contribution in [2.24, 2.45) is 17.4 Å². The first kappa shape index (κ1) is 70.1. The Bertz CT molecular complexity index is 3900. The van der Waals surface area contributed by atoms with Crippen LogP contribution in [-0.4, -0.2) is 178 Å². The van der Waals surface area contributed by atoms with Crippen molar-refractivity contribution < 1.29 is 77.2 Å². The minimum atomic E-state index is -1.19. The lowest BCUT2D eigenvalue weighted by Crippen LogP contribution is -2.54. The van der Waals surface area contributed by atoms with Crippen molar-refractivity contribution in [2.45, 2.75) is 83.5 Å². The summed E-state index contributed by atoms with van der Waals surface area (Å²) in [5, 5.41) is 34.0. The predicted molar refractivity (Wildman–Crippen MR) is 349 cm³/mol. The molecule has 0 unspecified atom stereocenters. The van der Waals surface area contributed by atoms with Crippen molar-refractivity contribution in [3.05, 3.63) is 131 Å². The largest absolute Gasteiger partial charge is 0.508 e. The van der Waals surface area contributed by atoms with Crippen LogP contribution in [0.2, 0.25) is 0 Å². The lowest BCUT2D eigenvalue weighted by Gasteiger charge is -2.26. The Morgan fingerprint density at radius 3 is 2.24 bits per heavy atom. The van der Waals surface area contributed by atoms with E-state index >= 15 is 0 Å². The number of alkyl carbamates (subject to hydrolysis) is 1. The highest BCUT2D eigenvalue weighted by atomic mass is 35.5. The van der Waals surface area contributed by atoms with Gasteiger partial charge in [0.05, 0.1) is 24.1 Å². The van der Waals surface area contributed by atoms with Gasteiger partial charge in [-0.15, -0.1) is 11.6 Å². The van der Waals surface area contributed by atoms with E-state index in [-0.39, 0.29) is 101 Å². The lowest BCUT2D eigenvalue weighted by molar-refractivity contribution is -0.139. The van der Waals surface area contributed by atoms with E-state index < -0.39 is 89.8 Å². The fraction of sp³-hybridized carbons (Fsp3) is 0.354. The molecule has 0 bridgehead atoms. The number of ether oxygens (including phenoxy) is 3. The number of fused-ring (bicyclic) bond motifs is 4. The number of alkyl halides is 1. The highest BCUT2D eigenvalue weighted by Gasteiger charge is 2.37. The van der Waals surface area contributed by atoms with E-state index in [0.717, 1.165) is 33.6 Å². The molecule has 0 fully saturated rings. The summed E-state index contributed by atoms with van der Waals surface area (Å²) in [4.78, 5) is 155. The molecule has 4 atom stereocenters. The summed E-state index contributed by atoms with van der Waals surface area (Å²) in [6, 6.07) is 18.1. The van der Waals surface area contributed by atoms with Crippen LogP contribution in [0.5, 0.6) is 11.5 Å². The third-order valence-electron chi connectivity index (χ3n) is 15.8. The Kier molecular flexibility index (Phi) is 23.7. The highest BCUT2D eigenvalue weighted by molar-refractivity contribution is 6.20. The zero-order valence-electron chi connectivity index (χ0n) is 52.5. The normalized spacial score (nSPS) is 14.2. The second-order valence-corrected chi connectivity index (χ2v) is 23.3. The van der Waals surface area contributed by atoms with Crippen molar-refractivity contribution in [2.75, 3.05) is 74.3 Å². The van der Waals surface area contributed by atoms with Gasteiger partial charge < -0.3 is 82.2 Å². The first-order chi connectivity index (χ1) is 45.4. The minimum absolute atomic E-state index is 0.00907. The number of imide groups is 1. The molecule has 2 aliphatic rings. The number of anilines is 3. The number of hydrogen-bond acceptors (Lipinski definition) is 17. The van der Waals surface area contributed by atoms with Gasteiger partial charge in [0.1, 0.15) is 54.2 Å². The fourth-order valence-electron chi connectivity index (χ4n) is 10.7. The Hall–Kier alpha value is -10.8. The number of unbranched alkanes of at least 4 members (excludes halogenated alkanes) is 1. The van der Waals surface area contributed by atoms with E-state index in [0.29, 0.717) is 57.5 Å². The van der Waals surface area contributed by atoms with Gasteiger partial charge >= 0.3 is 30.3 Å². The van der Waals surface area contributed by atoms with Gasteiger partial charge in [0.15, 0.2) is 0 Å². The predicted octanol–water partition coefficient (Wildman–Crippen LogP) is 6.16. The van der Waals surface area contributed by atoms with Crippen molar-refractivity contribution in [1.29, 1.82) is 0 Å². The molecule has 0 saturated carbocycles. The number of urea groups is 1. The SMILES string of the molecule is Cc1cccc2c(OC(=O)N(CCCC[C@H](N)C(=O)O)CCN(C)C(=O)OCc3ccc(NC(=O)[C@H](CCCNC(N)=O)NC(=O)[C@@H](NC(=O)OCCN4C(=O)C=CC4=O)C(C)C)cc3)cc3c(c12)[C@H](CCl)CN3C(=O)c1cc2cc(NC(=O)c3ccc(O)cc3)cnc2[nH]1. The van der Waals surface area contributed by atoms with Crippen molar-refractivity contribution in [3.8, 4) is 11.5 Å². The number of nitrogens with two attached hydrogens (primary N) is 2. The Labute approximate surface area is 549 Å². The van der Waals surface area contributed by atoms with Gasteiger partial charge in [-0.1, -0.05) is 44.2 Å². The molecule has 0 saturated heterocycles. The number of carboxylic acids is 1. The van der Waals surface area contributed by atoms with Gasteiger partial charge in [-0.2, -0.15) is 0 Å². The maximum Gasteiger partial charge on any atom is 0.415 e. The topological polar surface area (TPSA) is 410 Å². The lowest BCUT2D eigenvalue weighted by atomic mass is 9.92. The number of nitrogens with one attached hydrogen (secondary N) is 6. The van der Waals surface area contributed by atoms with E-state index in [1.165, 1.54) is 47.3 Å². The third kappa shape index (κ3) is 18.3. The number of phenolic OH excluding ortho intramolecular Hbond substituents is 1. The summed E-state index contributed by atoms with van der Waals surface area (Å²) in [6.07, 6.45) is 2.03. The van der Waals surface area contributed by atoms with Crippen LogP contribution < -0.4 is 47.7 Å². The molecule has 6 aromatic rings. The molecule has 2 aliphatic heterocycles. The Morgan fingerprint density at radius 1 is 0.832 bits per heavy atom. The number of rotatable bonds is 29. The number of benzene rings is 4. The van der Waals surface area contributed by atoms with Crippen LogP contribution in [-0.2, 0) is 40.1 Å². The number of aromatic hydroxyl groups is 1. The van der Waals surface area contributed by atoms with E-state index in [9.17, 15) is 63.0 Å². The maximum absolute atomic E-state index is 14.7. The number of likely N-dealkylation sites (N-methyl/N-ethyl adjacent to an activating group) is 1. The molecule has 0 aliphatic carbocycles. The smallest absolute Gasteiger partial charge is 0.415 e. The molecule has 0 radical (unpaired) electrons. The van der Waals surface area contributed by atoms with Crippen molar-refractivity contribution in [1.82, 2.24) is 40.6 Å². The number of phenols is 1. The van der Waals surface area contributed by atoms with Gasteiger partial charge in [-0.3, -0.25) is 38.5 Å². The molecule has 30 heteroatoms. The van der Waals surface area contributed by atoms with Gasteiger partial charge in [0.2, 0.25) is 11.8 Å². The molecule has 29 nitrogen and oxygen atoms in total. The molecule has 95 heavy (non-hydrogen) atoms. The van der Waals surface area contributed by atoms with E-state index in [1.54, 1.807) is 67.3 Å². The number of halogens is 1. The number of hydrogen-bond donors (Lipinski definition) is 10. The van der Waals surface area contributed by atoms with Crippen molar-refractivity contribution in [3.63, 3.8) is 0 Å². The van der Waals surface area contributed by atoms with Gasteiger partial charge in [-0.25, -0.2) is 24.2 Å². The van der Waals surface area contributed by atoms with Crippen LogP contribution in [0.4, 0.5) is 36.2 Å². The van der Waals surface area contributed by atoms with Crippen LogP contribution in [0.1, 0.15) is 89.4 Å². The molecular formula is C65H74ClN13O16. The number of nitrogens with zero attached hydrogens (tertiary/aromatic N) is 5. The first-order valence-electron chi connectivity index (χ1n) is 30.5. The number of H-pyrrole nitrogens is 1. The zero-order chi connectivity index (χ0) is 68.6. The number of aliphatic carboxylic acids is 1. The number of amides is 11. The number of pyridine rings is 1. The van der Waals surface area contributed by atoms with Gasteiger partial charge in [-0.05, 0) is 116 Å². The van der Waals surface area contributed by atoms with E-state index in [1.807, 2.05) is 19.1 Å². The number of primary amides is 1. The highest BCUT2D eigenvalue weighted by Crippen LogP contribution is 2.47. The Balaban J connectivity index is 0.906. The summed E-state index contributed by atoms with van der Waals surface area (Å²) in [5.74, 6) is -5.10. The van der Waals surface area contributed by atoms with Crippen LogP contribution in [0.3, 0.4) is 0 Å². The number of aryl methyl sites for hydroxylation is 1. The third-order valence-corrected chi connectivity index (χ3v) is 16.2. The van der Waals surface area contributed by atoms with E-state index in [4.69, 9.17) is 37.3 Å². The Morgan fingerprint density at radius 2 is 1.56 bits per heavy atom. The van der Waals surface area contributed by atoms with Gasteiger partial charge in [0, 0.05) is 91.8 Å². The molecule has 4 heterocycles.